The molecule has 2 aliphatic rings. The fraction of sp³-hybridized carbons (Fsp3) is 0.619. The fourth-order valence-electron chi connectivity index (χ4n) is 4.33. The van der Waals surface area contributed by atoms with Gasteiger partial charge in [-0.3, -0.25) is 9.69 Å². The van der Waals surface area contributed by atoms with Crippen LogP contribution < -0.4 is 0 Å². The number of carbonyl (C=O) groups is 1. The first-order valence-corrected chi connectivity index (χ1v) is 11.1. The third kappa shape index (κ3) is 3.75. The molecule has 152 valence electrons. The van der Waals surface area contributed by atoms with Crippen LogP contribution in [0.15, 0.2) is 9.90 Å². The molecule has 1 fully saturated rings. The summed E-state index contributed by atoms with van der Waals surface area (Å²) >= 11 is 1.72. The van der Waals surface area contributed by atoms with Crippen LogP contribution in [0.4, 0.5) is 0 Å². The van der Waals surface area contributed by atoms with Gasteiger partial charge in [-0.1, -0.05) is 5.16 Å². The minimum absolute atomic E-state index is 0.193. The van der Waals surface area contributed by atoms with Gasteiger partial charge in [0.05, 0.1) is 23.9 Å². The van der Waals surface area contributed by atoms with Gasteiger partial charge in [-0.2, -0.15) is 0 Å². The van der Waals surface area contributed by atoms with Crippen LogP contribution in [0.5, 0.6) is 0 Å². The van der Waals surface area contributed by atoms with E-state index in [1.54, 1.807) is 11.3 Å². The van der Waals surface area contributed by atoms with Gasteiger partial charge in [0, 0.05) is 48.6 Å². The average Bonchev–Trinajstić information content (AvgIpc) is 3.40. The Morgan fingerprint density at radius 1 is 1.39 bits per heavy atom. The maximum Gasteiger partial charge on any atom is 0.255 e. The lowest BCUT2D eigenvalue weighted by molar-refractivity contribution is 0.0563. The van der Waals surface area contributed by atoms with Crippen molar-refractivity contribution in [3.63, 3.8) is 0 Å². The molecule has 0 spiro atoms. The second-order valence-corrected chi connectivity index (χ2v) is 8.73. The summed E-state index contributed by atoms with van der Waals surface area (Å²) < 4.78 is 10.9. The molecule has 6 nitrogen and oxygen atoms in total. The van der Waals surface area contributed by atoms with Gasteiger partial charge in [0.15, 0.2) is 0 Å². The highest BCUT2D eigenvalue weighted by atomic mass is 32.1. The third-order valence-corrected chi connectivity index (χ3v) is 6.99. The first kappa shape index (κ1) is 19.6. The molecule has 0 saturated carbocycles. The summed E-state index contributed by atoms with van der Waals surface area (Å²) in [5.41, 5.74) is 4.33. The maximum atomic E-state index is 13.2. The number of fused-ring (bicyclic) bond motifs is 1. The van der Waals surface area contributed by atoms with Crippen molar-refractivity contribution in [3.8, 4) is 0 Å². The van der Waals surface area contributed by atoms with Crippen LogP contribution in [0.3, 0.4) is 0 Å². The number of amides is 1. The molecule has 0 N–H and O–H groups in total. The summed E-state index contributed by atoms with van der Waals surface area (Å²) in [5.74, 6) is 1.10. The molecule has 0 aromatic carbocycles. The molecule has 1 amide bonds. The van der Waals surface area contributed by atoms with Crippen molar-refractivity contribution in [3.05, 3.63) is 38.4 Å². The molecule has 4 heterocycles. The molecule has 2 aromatic heterocycles. The van der Waals surface area contributed by atoms with E-state index in [0.717, 1.165) is 62.5 Å². The summed E-state index contributed by atoms with van der Waals surface area (Å²) in [4.78, 5) is 19.0. The lowest BCUT2D eigenvalue weighted by atomic mass is 10.0. The van der Waals surface area contributed by atoms with Crippen LogP contribution in [0.1, 0.15) is 57.6 Å². The lowest BCUT2D eigenvalue weighted by Crippen LogP contribution is -2.39. The monoisotopic (exact) mass is 403 g/mol. The number of nitrogens with zero attached hydrogens (tertiary/aromatic N) is 3. The highest BCUT2D eigenvalue weighted by Crippen LogP contribution is 2.32. The van der Waals surface area contributed by atoms with Crippen LogP contribution in [-0.2, 0) is 24.2 Å². The second kappa shape index (κ2) is 8.35. The van der Waals surface area contributed by atoms with Crippen LogP contribution in [-0.4, -0.2) is 53.2 Å². The summed E-state index contributed by atoms with van der Waals surface area (Å²) in [7, 11) is 0. The number of aryl methyl sites for hydroxylation is 2. The van der Waals surface area contributed by atoms with Crippen molar-refractivity contribution in [1.29, 1.82) is 0 Å². The van der Waals surface area contributed by atoms with E-state index in [1.165, 1.54) is 16.0 Å². The number of likely N-dealkylation sites (tertiary alicyclic amines) is 1. The molecule has 0 radical (unpaired) electrons. The summed E-state index contributed by atoms with van der Waals surface area (Å²) in [6.45, 7) is 10.9. The third-order valence-electron chi connectivity index (χ3n) is 5.97. The molecule has 1 saturated heterocycles. The molecule has 4 rings (SSSR count). The number of carbonyl (C=O) groups excluding carboxylic acids is 1. The number of hydrogen-bond acceptors (Lipinski definition) is 6. The molecular weight excluding hydrogens is 374 g/mol. The first-order valence-electron chi connectivity index (χ1n) is 10.2. The van der Waals surface area contributed by atoms with E-state index in [-0.39, 0.29) is 11.9 Å². The van der Waals surface area contributed by atoms with Gasteiger partial charge < -0.3 is 14.2 Å². The van der Waals surface area contributed by atoms with E-state index >= 15 is 0 Å². The topological polar surface area (TPSA) is 58.8 Å². The Hall–Kier alpha value is -1.70. The Morgan fingerprint density at radius 2 is 2.25 bits per heavy atom. The highest BCUT2D eigenvalue weighted by molar-refractivity contribution is 7.10. The van der Waals surface area contributed by atoms with Gasteiger partial charge in [0.1, 0.15) is 5.76 Å². The average molecular weight is 404 g/mol. The number of ether oxygens (including phenoxy) is 1. The molecule has 28 heavy (non-hydrogen) atoms. The Bertz CT molecular complexity index is 825. The van der Waals surface area contributed by atoms with E-state index in [9.17, 15) is 4.79 Å². The van der Waals surface area contributed by atoms with Gasteiger partial charge in [-0.05, 0) is 45.6 Å². The zero-order valence-corrected chi connectivity index (χ0v) is 17.8. The predicted molar refractivity (Wildman–Crippen MR) is 109 cm³/mol. The van der Waals surface area contributed by atoms with Crippen molar-refractivity contribution >= 4 is 17.2 Å². The van der Waals surface area contributed by atoms with Crippen molar-refractivity contribution in [1.82, 2.24) is 15.0 Å². The molecular formula is C21H29N3O3S. The van der Waals surface area contributed by atoms with Gasteiger partial charge in [0.2, 0.25) is 0 Å². The summed E-state index contributed by atoms with van der Waals surface area (Å²) in [6.07, 6.45) is 3.04. The van der Waals surface area contributed by atoms with E-state index in [2.05, 4.69) is 15.4 Å². The highest BCUT2D eigenvalue weighted by Gasteiger charge is 2.33. The molecule has 1 unspecified atom stereocenters. The predicted octanol–water partition coefficient (Wildman–Crippen LogP) is 3.55. The molecule has 2 aromatic rings. The van der Waals surface area contributed by atoms with E-state index in [0.29, 0.717) is 13.2 Å². The van der Waals surface area contributed by atoms with Crippen LogP contribution in [0, 0.1) is 13.8 Å². The Balaban J connectivity index is 1.46. The largest absolute Gasteiger partial charge is 0.380 e. The molecule has 7 heteroatoms. The summed E-state index contributed by atoms with van der Waals surface area (Å²) in [6, 6.07) is 0.225. The normalized spacial score (nSPS) is 20.0. The molecule has 0 aliphatic carbocycles. The van der Waals surface area contributed by atoms with E-state index < -0.39 is 0 Å². The minimum atomic E-state index is 0.193. The van der Waals surface area contributed by atoms with Crippen molar-refractivity contribution in [2.24, 2.45) is 0 Å². The number of rotatable bonds is 6. The summed E-state index contributed by atoms with van der Waals surface area (Å²) in [5, 5.41) is 6.14. The van der Waals surface area contributed by atoms with Crippen molar-refractivity contribution in [2.45, 2.75) is 59.2 Å². The zero-order valence-electron chi connectivity index (χ0n) is 17.0. The van der Waals surface area contributed by atoms with Crippen LogP contribution in [0.2, 0.25) is 0 Å². The smallest absolute Gasteiger partial charge is 0.255 e. The SMILES string of the molecule is CCOCC1CCCN1C(=O)c1csc2c1CCN(Cc1c(C)noc1C)C2. The Labute approximate surface area is 170 Å². The quantitative estimate of drug-likeness (QED) is 0.738. The maximum absolute atomic E-state index is 13.2. The van der Waals surface area contributed by atoms with Gasteiger partial charge in [0.25, 0.3) is 5.91 Å². The number of aromatic nitrogens is 1. The van der Waals surface area contributed by atoms with E-state index in [4.69, 9.17) is 9.26 Å². The fourth-order valence-corrected chi connectivity index (χ4v) is 5.45. The standard InChI is InChI=1S/C21H29N3O3S/c1-4-26-12-16-6-5-8-24(16)21(25)19-13-28-20-11-23(9-7-17(19)20)10-18-14(2)22-27-15(18)3/h13,16H,4-12H2,1-3H3. The van der Waals surface area contributed by atoms with Crippen molar-refractivity contribution in [2.75, 3.05) is 26.3 Å². The first-order chi connectivity index (χ1) is 13.6. The zero-order chi connectivity index (χ0) is 19.7. The molecule has 0 bridgehead atoms. The minimum Gasteiger partial charge on any atom is -0.380 e. The Kier molecular flexibility index (Phi) is 5.85. The second-order valence-electron chi connectivity index (χ2n) is 7.77. The molecule has 1 atom stereocenters. The number of hydrogen-bond donors (Lipinski definition) is 0. The van der Waals surface area contributed by atoms with E-state index in [1.807, 2.05) is 25.7 Å². The Morgan fingerprint density at radius 3 is 3.00 bits per heavy atom. The number of thiophene rings is 1. The van der Waals surface area contributed by atoms with Gasteiger partial charge in [-0.15, -0.1) is 11.3 Å². The lowest BCUT2D eigenvalue weighted by Gasteiger charge is -2.28. The van der Waals surface area contributed by atoms with Crippen LogP contribution in [0.25, 0.3) is 0 Å². The van der Waals surface area contributed by atoms with Crippen molar-refractivity contribution < 1.29 is 14.1 Å². The van der Waals surface area contributed by atoms with Crippen LogP contribution >= 0.6 is 11.3 Å². The van der Waals surface area contributed by atoms with Gasteiger partial charge in [-0.25, -0.2) is 0 Å². The molecule has 2 aliphatic heterocycles. The van der Waals surface area contributed by atoms with Gasteiger partial charge >= 0.3 is 0 Å².